The highest BCUT2D eigenvalue weighted by Gasteiger charge is 2.30. The molecule has 3 heterocycles. The summed E-state index contributed by atoms with van der Waals surface area (Å²) in [5, 5.41) is 0. The minimum absolute atomic E-state index is 0.117. The van der Waals surface area contributed by atoms with Gasteiger partial charge in [-0.05, 0) is 18.4 Å². The summed E-state index contributed by atoms with van der Waals surface area (Å²) in [7, 11) is 0. The molecule has 0 radical (unpaired) electrons. The summed E-state index contributed by atoms with van der Waals surface area (Å²) in [6, 6.07) is 22.6. The van der Waals surface area contributed by atoms with E-state index in [2.05, 4.69) is 79.3 Å². The predicted molar refractivity (Wildman–Crippen MR) is 141 cm³/mol. The van der Waals surface area contributed by atoms with Crippen molar-refractivity contribution in [3.05, 3.63) is 84.7 Å². The summed E-state index contributed by atoms with van der Waals surface area (Å²) in [6.45, 7) is 6.16. The van der Waals surface area contributed by atoms with Crippen LogP contribution in [0.25, 0.3) is 17.3 Å². The van der Waals surface area contributed by atoms with Gasteiger partial charge in [-0.2, -0.15) is 0 Å². The molecular formula is C29H33N5O. The van der Waals surface area contributed by atoms with Crippen LogP contribution in [0.1, 0.15) is 18.4 Å². The molecule has 0 N–H and O–H groups in total. The predicted octanol–water partition coefficient (Wildman–Crippen LogP) is 4.22. The SMILES string of the molecule is O=C(C1CCN(c2cc(-c3ccccc3)ncn2)CC1)N1CCN(C/C=C/c2ccccc2)CC1. The molecule has 2 aliphatic heterocycles. The van der Waals surface area contributed by atoms with Gasteiger partial charge in [-0.3, -0.25) is 9.69 Å². The van der Waals surface area contributed by atoms with Crippen LogP contribution >= 0.6 is 0 Å². The van der Waals surface area contributed by atoms with E-state index in [1.807, 2.05) is 24.3 Å². The van der Waals surface area contributed by atoms with E-state index in [1.54, 1.807) is 6.33 Å². The number of hydrogen-bond donors (Lipinski definition) is 0. The highest BCUT2D eigenvalue weighted by atomic mass is 16.2. The lowest BCUT2D eigenvalue weighted by atomic mass is 9.95. The van der Waals surface area contributed by atoms with Gasteiger partial charge < -0.3 is 9.80 Å². The monoisotopic (exact) mass is 467 g/mol. The third-order valence-corrected chi connectivity index (χ3v) is 7.05. The molecular weight excluding hydrogens is 434 g/mol. The Morgan fingerprint density at radius 1 is 0.857 bits per heavy atom. The molecule has 1 aromatic heterocycles. The zero-order chi connectivity index (χ0) is 23.9. The van der Waals surface area contributed by atoms with Crippen molar-refractivity contribution < 1.29 is 4.79 Å². The molecule has 6 heteroatoms. The number of rotatable bonds is 6. The van der Waals surface area contributed by atoms with Crippen molar-refractivity contribution in [2.45, 2.75) is 12.8 Å². The molecule has 0 unspecified atom stereocenters. The topological polar surface area (TPSA) is 52.6 Å². The van der Waals surface area contributed by atoms with Crippen LogP contribution in [-0.4, -0.2) is 71.5 Å². The third kappa shape index (κ3) is 5.95. The zero-order valence-electron chi connectivity index (χ0n) is 20.2. The molecule has 2 fully saturated rings. The summed E-state index contributed by atoms with van der Waals surface area (Å²) in [5.41, 5.74) is 3.26. The van der Waals surface area contributed by atoms with Gasteiger partial charge in [0.25, 0.3) is 0 Å². The minimum atomic E-state index is 0.117. The smallest absolute Gasteiger partial charge is 0.225 e. The third-order valence-electron chi connectivity index (χ3n) is 7.05. The van der Waals surface area contributed by atoms with E-state index in [9.17, 15) is 4.79 Å². The molecule has 0 bridgehead atoms. The van der Waals surface area contributed by atoms with Crippen LogP contribution in [0.2, 0.25) is 0 Å². The lowest BCUT2D eigenvalue weighted by Crippen LogP contribution is -2.51. The lowest BCUT2D eigenvalue weighted by molar-refractivity contribution is -0.137. The molecule has 180 valence electrons. The van der Waals surface area contributed by atoms with Crippen molar-refractivity contribution in [3.63, 3.8) is 0 Å². The molecule has 2 saturated heterocycles. The average molecular weight is 468 g/mol. The number of carbonyl (C=O) groups excluding carboxylic acids is 1. The largest absolute Gasteiger partial charge is 0.356 e. The number of nitrogens with zero attached hydrogens (tertiary/aromatic N) is 5. The Labute approximate surface area is 207 Å². The second-order valence-corrected chi connectivity index (χ2v) is 9.33. The van der Waals surface area contributed by atoms with E-state index >= 15 is 0 Å². The molecule has 0 aliphatic carbocycles. The van der Waals surface area contributed by atoms with Crippen LogP contribution in [0.5, 0.6) is 0 Å². The summed E-state index contributed by atoms with van der Waals surface area (Å²) in [4.78, 5) is 28.9. The molecule has 0 saturated carbocycles. The summed E-state index contributed by atoms with van der Waals surface area (Å²) < 4.78 is 0. The van der Waals surface area contributed by atoms with Crippen LogP contribution in [0.15, 0.2) is 79.1 Å². The van der Waals surface area contributed by atoms with Gasteiger partial charge in [-0.25, -0.2) is 9.97 Å². The molecule has 35 heavy (non-hydrogen) atoms. The van der Waals surface area contributed by atoms with Gasteiger partial charge in [0.15, 0.2) is 0 Å². The normalized spacial score (nSPS) is 17.7. The van der Waals surface area contributed by atoms with Crippen molar-refractivity contribution in [2.75, 3.05) is 50.7 Å². The Morgan fingerprint density at radius 2 is 1.54 bits per heavy atom. The molecule has 2 aromatic carbocycles. The maximum atomic E-state index is 13.2. The molecule has 1 amide bonds. The van der Waals surface area contributed by atoms with Gasteiger partial charge in [0.05, 0.1) is 5.69 Å². The molecule has 3 aromatic rings. The van der Waals surface area contributed by atoms with Gasteiger partial charge in [0.1, 0.15) is 12.1 Å². The molecule has 2 aliphatic rings. The van der Waals surface area contributed by atoms with Crippen molar-refractivity contribution in [3.8, 4) is 11.3 Å². The molecule has 0 spiro atoms. The Hall–Kier alpha value is -3.51. The van der Waals surface area contributed by atoms with Gasteiger partial charge in [0, 0.05) is 63.4 Å². The number of hydrogen-bond acceptors (Lipinski definition) is 5. The highest BCUT2D eigenvalue weighted by Crippen LogP contribution is 2.26. The van der Waals surface area contributed by atoms with Crippen LogP contribution in [0.3, 0.4) is 0 Å². The maximum Gasteiger partial charge on any atom is 0.225 e. The van der Waals surface area contributed by atoms with Crippen LogP contribution in [0.4, 0.5) is 5.82 Å². The fraction of sp³-hybridized carbons (Fsp3) is 0.345. The fourth-order valence-electron chi connectivity index (χ4n) is 4.95. The van der Waals surface area contributed by atoms with Crippen molar-refractivity contribution >= 4 is 17.8 Å². The van der Waals surface area contributed by atoms with Gasteiger partial charge in [-0.1, -0.05) is 72.8 Å². The first kappa shape index (κ1) is 23.2. The summed E-state index contributed by atoms with van der Waals surface area (Å²) in [5.74, 6) is 1.39. The zero-order valence-corrected chi connectivity index (χ0v) is 20.2. The number of piperidine rings is 1. The number of amides is 1. The Morgan fingerprint density at radius 3 is 2.26 bits per heavy atom. The summed E-state index contributed by atoms with van der Waals surface area (Å²) in [6.07, 6.45) is 7.79. The number of carbonyl (C=O) groups is 1. The molecule has 5 rings (SSSR count). The van der Waals surface area contributed by atoms with Crippen LogP contribution < -0.4 is 4.90 Å². The molecule has 6 nitrogen and oxygen atoms in total. The van der Waals surface area contributed by atoms with Gasteiger partial charge in [0.2, 0.25) is 5.91 Å². The van der Waals surface area contributed by atoms with E-state index in [0.29, 0.717) is 5.91 Å². The van der Waals surface area contributed by atoms with Crippen molar-refractivity contribution in [1.29, 1.82) is 0 Å². The number of aromatic nitrogens is 2. The van der Waals surface area contributed by atoms with Crippen LogP contribution in [0, 0.1) is 5.92 Å². The first-order valence-corrected chi connectivity index (χ1v) is 12.6. The Balaban J connectivity index is 1.09. The van der Waals surface area contributed by atoms with E-state index < -0.39 is 0 Å². The number of anilines is 1. The fourth-order valence-corrected chi connectivity index (χ4v) is 4.95. The summed E-state index contributed by atoms with van der Waals surface area (Å²) >= 11 is 0. The van der Waals surface area contributed by atoms with E-state index in [0.717, 1.165) is 75.7 Å². The highest BCUT2D eigenvalue weighted by molar-refractivity contribution is 5.79. The van der Waals surface area contributed by atoms with Crippen molar-refractivity contribution in [1.82, 2.24) is 19.8 Å². The van der Waals surface area contributed by atoms with Crippen molar-refractivity contribution in [2.24, 2.45) is 5.92 Å². The quantitative estimate of drug-likeness (QED) is 0.543. The average Bonchev–Trinajstić information content (AvgIpc) is 2.94. The molecule has 0 atom stereocenters. The van der Waals surface area contributed by atoms with E-state index in [-0.39, 0.29) is 5.92 Å². The first-order valence-electron chi connectivity index (χ1n) is 12.6. The van der Waals surface area contributed by atoms with E-state index in [4.69, 9.17) is 0 Å². The lowest BCUT2D eigenvalue weighted by Gasteiger charge is -2.38. The Bertz CT molecular complexity index is 1120. The van der Waals surface area contributed by atoms with Gasteiger partial charge in [-0.15, -0.1) is 0 Å². The van der Waals surface area contributed by atoms with E-state index in [1.165, 1.54) is 5.56 Å². The minimum Gasteiger partial charge on any atom is -0.356 e. The second-order valence-electron chi connectivity index (χ2n) is 9.33. The second kappa shape index (κ2) is 11.3. The first-order chi connectivity index (χ1) is 17.3. The Kier molecular flexibility index (Phi) is 7.49. The standard InChI is InChI=1S/C29H33N5O/c35-29(34-20-18-32(19-21-34)15-7-10-24-8-3-1-4-9-24)26-13-16-33(17-14-26)28-22-27(30-23-31-28)25-11-5-2-6-12-25/h1-12,22-23,26H,13-21H2/b10-7+. The number of piperazine rings is 1. The van der Waals surface area contributed by atoms with Gasteiger partial charge >= 0.3 is 0 Å². The maximum absolute atomic E-state index is 13.2. The number of benzene rings is 2. The van der Waals surface area contributed by atoms with Crippen LogP contribution in [-0.2, 0) is 4.79 Å².